The quantitative estimate of drug-likeness (QED) is 0.263. The third kappa shape index (κ3) is 6.08. The van der Waals surface area contributed by atoms with Crippen LogP contribution in [0.15, 0.2) is 91.1 Å². The zero-order valence-corrected chi connectivity index (χ0v) is 23.7. The molecule has 41 heavy (non-hydrogen) atoms. The lowest BCUT2D eigenvalue weighted by Crippen LogP contribution is -2.64. The lowest BCUT2D eigenvalue weighted by molar-refractivity contribution is -0.152. The van der Waals surface area contributed by atoms with Gasteiger partial charge in [0.1, 0.15) is 5.54 Å². The number of aromatic amines is 1. The van der Waals surface area contributed by atoms with Crippen molar-refractivity contribution in [3.05, 3.63) is 102 Å². The van der Waals surface area contributed by atoms with E-state index in [-0.39, 0.29) is 17.9 Å². The largest absolute Gasteiger partial charge is 0.361 e. The highest BCUT2D eigenvalue weighted by molar-refractivity contribution is 6.02. The molecule has 2 amide bonds. The number of fused-ring (bicyclic) bond motifs is 1. The molecule has 0 radical (unpaired) electrons. The Kier molecular flexibility index (Phi) is 8.19. The molecule has 212 valence electrons. The first-order valence-corrected chi connectivity index (χ1v) is 15.1. The first kappa shape index (κ1) is 27.3. The van der Waals surface area contributed by atoms with E-state index in [4.69, 9.17) is 0 Å². The first-order chi connectivity index (χ1) is 20.1. The van der Waals surface area contributed by atoms with Gasteiger partial charge in [-0.05, 0) is 61.1 Å². The highest BCUT2D eigenvalue weighted by Gasteiger charge is 2.49. The number of hydrogen-bond donors (Lipinski definition) is 2. The number of nitrogens with zero attached hydrogens (tertiary/aromatic N) is 2. The number of likely N-dealkylation sites (tertiary alicyclic amines) is 1. The number of H-pyrrole nitrogens is 1. The summed E-state index contributed by atoms with van der Waals surface area (Å²) in [5.41, 5.74) is 3.28. The monoisotopic (exact) mass is 548 g/mol. The fraction of sp³-hybridized carbons (Fsp3) is 0.371. The number of amides is 2. The smallest absolute Gasteiger partial charge is 0.250 e. The molecule has 1 aliphatic heterocycles. The minimum atomic E-state index is -0.844. The van der Waals surface area contributed by atoms with E-state index in [1.165, 1.54) is 5.56 Å². The third-order valence-corrected chi connectivity index (χ3v) is 9.01. The fourth-order valence-corrected chi connectivity index (χ4v) is 6.92. The minimum Gasteiger partial charge on any atom is -0.361 e. The van der Waals surface area contributed by atoms with Crippen LogP contribution in [-0.2, 0) is 22.6 Å². The summed E-state index contributed by atoms with van der Waals surface area (Å²) in [5, 5.41) is 4.32. The number of benzene rings is 3. The van der Waals surface area contributed by atoms with Crippen LogP contribution in [0.4, 0.5) is 5.69 Å². The normalized spacial score (nSPS) is 17.8. The van der Waals surface area contributed by atoms with Crippen molar-refractivity contribution in [2.24, 2.45) is 0 Å². The number of aromatic nitrogens is 1. The van der Waals surface area contributed by atoms with Gasteiger partial charge in [-0.25, -0.2) is 0 Å². The number of hydrogen-bond acceptors (Lipinski definition) is 3. The van der Waals surface area contributed by atoms with Crippen molar-refractivity contribution in [3.8, 4) is 0 Å². The standard InChI is InChI=1S/C35H40N4O2/c40-33(24-27-10-4-1-5-11-27)39(31-17-22-38(23-18-31)26-28-12-6-2-7-13-28)35(19-8-3-9-20-35)34(41)37-30-14-15-32-29(25-30)16-21-36-32/h1-2,4-7,10-16,21,25,31,36H,3,8-9,17-20,22-24,26H2,(H,37,41). The summed E-state index contributed by atoms with van der Waals surface area (Å²) in [5.74, 6) is 0.0241. The van der Waals surface area contributed by atoms with Crippen LogP contribution in [-0.4, -0.2) is 51.3 Å². The Morgan fingerprint density at radius 3 is 2.24 bits per heavy atom. The molecule has 2 heterocycles. The number of carbonyl (C=O) groups is 2. The Balaban J connectivity index is 1.28. The van der Waals surface area contributed by atoms with Crippen molar-refractivity contribution >= 4 is 28.4 Å². The number of rotatable bonds is 8. The molecule has 2 aliphatic rings. The fourth-order valence-electron chi connectivity index (χ4n) is 6.92. The van der Waals surface area contributed by atoms with Crippen LogP contribution in [0.2, 0.25) is 0 Å². The molecule has 6 heteroatoms. The maximum absolute atomic E-state index is 14.4. The van der Waals surface area contributed by atoms with Crippen molar-refractivity contribution < 1.29 is 9.59 Å². The molecule has 1 saturated carbocycles. The van der Waals surface area contributed by atoms with Crippen molar-refractivity contribution in [1.82, 2.24) is 14.8 Å². The minimum absolute atomic E-state index is 0.0363. The molecule has 0 spiro atoms. The molecular formula is C35H40N4O2. The van der Waals surface area contributed by atoms with Gasteiger partial charge in [-0.3, -0.25) is 14.5 Å². The van der Waals surface area contributed by atoms with Gasteiger partial charge in [-0.15, -0.1) is 0 Å². The van der Waals surface area contributed by atoms with Crippen LogP contribution >= 0.6 is 0 Å². The maximum atomic E-state index is 14.4. The second kappa shape index (κ2) is 12.3. The van der Waals surface area contributed by atoms with E-state index in [9.17, 15) is 9.59 Å². The Morgan fingerprint density at radius 1 is 0.854 bits per heavy atom. The van der Waals surface area contributed by atoms with Gasteiger partial charge in [0.05, 0.1) is 6.42 Å². The van der Waals surface area contributed by atoms with E-state index in [0.29, 0.717) is 19.3 Å². The molecule has 0 atom stereocenters. The first-order valence-electron chi connectivity index (χ1n) is 15.1. The molecule has 2 N–H and O–H groups in total. The van der Waals surface area contributed by atoms with Crippen LogP contribution in [0.3, 0.4) is 0 Å². The number of anilines is 1. The Labute approximate surface area is 242 Å². The summed E-state index contributed by atoms with van der Waals surface area (Å²) in [6.45, 7) is 2.74. The Morgan fingerprint density at radius 2 is 1.54 bits per heavy atom. The second-order valence-corrected chi connectivity index (χ2v) is 11.7. The van der Waals surface area contributed by atoms with Gasteiger partial charge in [-0.1, -0.05) is 79.9 Å². The molecule has 4 aromatic rings. The third-order valence-electron chi connectivity index (χ3n) is 9.01. The van der Waals surface area contributed by atoms with Gasteiger partial charge in [-0.2, -0.15) is 0 Å². The lowest BCUT2D eigenvalue weighted by Gasteiger charge is -2.50. The molecule has 0 unspecified atom stereocenters. The second-order valence-electron chi connectivity index (χ2n) is 11.7. The highest BCUT2D eigenvalue weighted by atomic mass is 16.2. The SMILES string of the molecule is O=C(Cc1ccccc1)N(C1CCN(Cc2ccccc2)CC1)C1(C(=O)Nc2ccc3[nH]ccc3c2)CCCCC1. The van der Waals surface area contributed by atoms with Crippen LogP contribution in [0.5, 0.6) is 0 Å². The van der Waals surface area contributed by atoms with Gasteiger partial charge in [0.25, 0.3) is 0 Å². The van der Waals surface area contributed by atoms with E-state index in [1.807, 2.05) is 60.8 Å². The Hall–Kier alpha value is -3.90. The predicted octanol–water partition coefficient (Wildman–Crippen LogP) is 6.55. The Bertz CT molecular complexity index is 1450. The van der Waals surface area contributed by atoms with Crippen LogP contribution in [0, 0.1) is 0 Å². The number of nitrogens with one attached hydrogen (secondary N) is 2. The topological polar surface area (TPSA) is 68.4 Å². The average Bonchev–Trinajstić information content (AvgIpc) is 3.48. The molecule has 6 rings (SSSR count). The molecule has 2 fully saturated rings. The molecule has 6 nitrogen and oxygen atoms in total. The van der Waals surface area contributed by atoms with Crippen LogP contribution in [0.1, 0.15) is 56.1 Å². The van der Waals surface area contributed by atoms with Crippen LogP contribution < -0.4 is 5.32 Å². The van der Waals surface area contributed by atoms with Crippen molar-refractivity contribution in [1.29, 1.82) is 0 Å². The summed E-state index contributed by atoms with van der Waals surface area (Å²) in [7, 11) is 0. The number of carbonyl (C=O) groups excluding carboxylic acids is 2. The molecular weight excluding hydrogens is 508 g/mol. The molecule has 1 saturated heterocycles. The zero-order valence-electron chi connectivity index (χ0n) is 23.7. The summed E-state index contributed by atoms with van der Waals surface area (Å²) in [6, 6.07) is 28.6. The van der Waals surface area contributed by atoms with Crippen molar-refractivity contribution in [2.45, 2.75) is 69.5 Å². The van der Waals surface area contributed by atoms with E-state index in [1.54, 1.807) is 0 Å². The summed E-state index contributed by atoms with van der Waals surface area (Å²) < 4.78 is 0. The van der Waals surface area contributed by atoms with Gasteiger partial charge in [0, 0.05) is 48.5 Å². The maximum Gasteiger partial charge on any atom is 0.250 e. The highest BCUT2D eigenvalue weighted by Crippen LogP contribution is 2.39. The summed E-state index contributed by atoms with van der Waals surface area (Å²) >= 11 is 0. The number of piperidine rings is 1. The van der Waals surface area contributed by atoms with Crippen LogP contribution in [0.25, 0.3) is 10.9 Å². The van der Waals surface area contributed by atoms with Gasteiger partial charge in [0.2, 0.25) is 11.8 Å². The average molecular weight is 549 g/mol. The predicted molar refractivity (Wildman–Crippen MR) is 164 cm³/mol. The molecule has 1 aromatic heterocycles. The van der Waals surface area contributed by atoms with E-state index < -0.39 is 5.54 Å². The molecule has 0 bridgehead atoms. The summed E-state index contributed by atoms with van der Waals surface area (Å²) in [6.07, 6.45) is 8.38. The van der Waals surface area contributed by atoms with Gasteiger partial charge < -0.3 is 15.2 Å². The zero-order chi connectivity index (χ0) is 28.1. The lowest BCUT2D eigenvalue weighted by atomic mass is 9.77. The van der Waals surface area contributed by atoms with E-state index in [0.717, 1.165) is 73.9 Å². The summed E-state index contributed by atoms with van der Waals surface area (Å²) in [4.78, 5) is 36.5. The van der Waals surface area contributed by atoms with E-state index >= 15 is 0 Å². The van der Waals surface area contributed by atoms with Crippen molar-refractivity contribution in [3.63, 3.8) is 0 Å². The molecule has 1 aliphatic carbocycles. The van der Waals surface area contributed by atoms with E-state index in [2.05, 4.69) is 50.4 Å². The molecule has 3 aromatic carbocycles. The van der Waals surface area contributed by atoms with Crippen molar-refractivity contribution in [2.75, 3.05) is 18.4 Å². The van der Waals surface area contributed by atoms with Gasteiger partial charge in [0.15, 0.2) is 0 Å². The van der Waals surface area contributed by atoms with Gasteiger partial charge >= 0.3 is 0 Å².